The fourth-order valence-corrected chi connectivity index (χ4v) is 3.64. The van der Waals surface area contributed by atoms with Gasteiger partial charge in [0.15, 0.2) is 0 Å². The summed E-state index contributed by atoms with van der Waals surface area (Å²) < 4.78 is 4.44. The van der Waals surface area contributed by atoms with Crippen LogP contribution in [0.2, 0.25) is 0 Å². The molecule has 0 unspecified atom stereocenters. The van der Waals surface area contributed by atoms with Crippen LogP contribution in [0.15, 0.2) is 73.3 Å². The molecule has 1 aliphatic heterocycles. The molecular formula is C22H25N4+. The highest BCUT2D eigenvalue weighted by Gasteiger charge is 2.26. The van der Waals surface area contributed by atoms with Gasteiger partial charge in [0.25, 0.3) is 5.82 Å². The van der Waals surface area contributed by atoms with Crippen LogP contribution >= 0.6 is 0 Å². The zero-order valence-electron chi connectivity index (χ0n) is 15.8. The number of anilines is 1. The van der Waals surface area contributed by atoms with Gasteiger partial charge in [0.1, 0.15) is 24.2 Å². The van der Waals surface area contributed by atoms with E-state index in [1.807, 2.05) is 0 Å². The Kier molecular flexibility index (Phi) is 4.03. The van der Waals surface area contributed by atoms with E-state index >= 15 is 0 Å². The minimum atomic E-state index is 0.318. The van der Waals surface area contributed by atoms with Crippen molar-refractivity contribution in [1.29, 1.82) is 0 Å². The van der Waals surface area contributed by atoms with Gasteiger partial charge in [-0.05, 0) is 43.7 Å². The number of aromatic nitrogens is 2. The van der Waals surface area contributed by atoms with Gasteiger partial charge in [0.05, 0.1) is 12.6 Å². The Balaban J connectivity index is 1.85. The van der Waals surface area contributed by atoms with Crippen molar-refractivity contribution in [3.8, 4) is 17.1 Å². The second-order valence-electron chi connectivity index (χ2n) is 6.89. The van der Waals surface area contributed by atoms with Gasteiger partial charge >= 0.3 is 0 Å². The Bertz CT molecular complexity index is 956. The lowest BCUT2D eigenvalue weighted by Crippen LogP contribution is -2.34. The van der Waals surface area contributed by atoms with E-state index in [-0.39, 0.29) is 0 Å². The summed E-state index contributed by atoms with van der Waals surface area (Å²) in [6.07, 6.45) is 8.85. The zero-order valence-corrected chi connectivity index (χ0v) is 15.8. The number of hydrogen-bond donors (Lipinski definition) is 0. The quantitative estimate of drug-likeness (QED) is 0.670. The minimum Gasteiger partial charge on any atom is -0.359 e. The van der Waals surface area contributed by atoms with E-state index in [0.29, 0.717) is 6.17 Å². The first kappa shape index (κ1) is 16.5. The molecule has 4 heteroatoms. The number of aryl methyl sites for hydroxylation is 1. The van der Waals surface area contributed by atoms with E-state index in [1.54, 1.807) is 0 Å². The number of rotatable bonds is 3. The molecule has 0 aliphatic carbocycles. The highest BCUT2D eigenvalue weighted by Crippen LogP contribution is 2.33. The van der Waals surface area contributed by atoms with E-state index in [2.05, 4.69) is 120 Å². The van der Waals surface area contributed by atoms with Crippen LogP contribution in [0.4, 0.5) is 5.69 Å². The molecule has 0 bridgehead atoms. The van der Waals surface area contributed by atoms with E-state index in [9.17, 15) is 0 Å². The molecule has 0 spiro atoms. The molecule has 1 aliphatic rings. The van der Waals surface area contributed by atoms with Crippen LogP contribution in [0.1, 0.15) is 12.5 Å². The topological polar surface area (TPSA) is 15.3 Å². The Morgan fingerprint density at radius 3 is 2.42 bits per heavy atom. The average molecular weight is 345 g/mol. The molecule has 132 valence electrons. The fraction of sp³-hybridized carbons (Fsp3) is 0.227. The average Bonchev–Trinajstić information content (AvgIpc) is 3.19. The van der Waals surface area contributed by atoms with Crippen molar-refractivity contribution in [3.63, 3.8) is 0 Å². The van der Waals surface area contributed by atoms with Crippen molar-refractivity contribution in [3.05, 3.63) is 78.9 Å². The van der Waals surface area contributed by atoms with Gasteiger partial charge in [-0.15, -0.1) is 0 Å². The number of benzene rings is 2. The number of para-hydroxylation sites is 1. The van der Waals surface area contributed by atoms with Crippen LogP contribution in [0, 0.1) is 6.92 Å². The Morgan fingerprint density at radius 1 is 0.962 bits per heavy atom. The highest BCUT2D eigenvalue weighted by molar-refractivity contribution is 5.71. The predicted octanol–water partition coefficient (Wildman–Crippen LogP) is 3.85. The maximum absolute atomic E-state index is 2.33. The summed E-state index contributed by atoms with van der Waals surface area (Å²) in [7, 11) is 4.22. The molecule has 4 rings (SSSR count). The first-order valence-electron chi connectivity index (χ1n) is 8.99. The SMILES string of the molecule is Cc1c(-c2n(-c3ccccc3)cc[n+]2C)cccc1N1C=CN(C)[C@H]1C. The number of nitrogens with zero attached hydrogens (tertiary/aromatic N) is 4. The maximum atomic E-state index is 2.33. The summed E-state index contributed by atoms with van der Waals surface area (Å²) in [6.45, 7) is 4.44. The maximum Gasteiger partial charge on any atom is 0.294 e. The van der Waals surface area contributed by atoms with Crippen molar-refractivity contribution < 1.29 is 4.57 Å². The third kappa shape index (κ3) is 2.58. The lowest BCUT2D eigenvalue weighted by molar-refractivity contribution is -0.659. The van der Waals surface area contributed by atoms with Gasteiger partial charge in [0, 0.05) is 25.1 Å². The zero-order chi connectivity index (χ0) is 18.3. The third-order valence-electron chi connectivity index (χ3n) is 5.31. The molecule has 4 nitrogen and oxygen atoms in total. The normalized spacial score (nSPS) is 16.5. The van der Waals surface area contributed by atoms with Gasteiger partial charge < -0.3 is 9.80 Å². The molecule has 0 fully saturated rings. The summed E-state index contributed by atoms with van der Waals surface area (Å²) in [5.41, 5.74) is 4.94. The van der Waals surface area contributed by atoms with Gasteiger partial charge in [-0.3, -0.25) is 0 Å². The molecule has 0 radical (unpaired) electrons. The van der Waals surface area contributed by atoms with Crippen LogP contribution in [-0.4, -0.2) is 22.7 Å². The Hall–Kier alpha value is -3.01. The smallest absolute Gasteiger partial charge is 0.294 e. The first-order valence-corrected chi connectivity index (χ1v) is 8.99. The van der Waals surface area contributed by atoms with Gasteiger partial charge in [0.2, 0.25) is 0 Å². The Labute approximate surface area is 155 Å². The second kappa shape index (κ2) is 6.37. The van der Waals surface area contributed by atoms with Crippen molar-refractivity contribution in [2.24, 2.45) is 7.05 Å². The molecule has 2 heterocycles. The van der Waals surface area contributed by atoms with Crippen molar-refractivity contribution >= 4 is 5.69 Å². The predicted molar refractivity (Wildman–Crippen MR) is 106 cm³/mol. The van der Waals surface area contributed by atoms with Crippen LogP contribution in [0.3, 0.4) is 0 Å². The molecule has 0 saturated heterocycles. The van der Waals surface area contributed by atoms with Crippen LogP contribution < -0.4 is 9.47 Å². The van der Waals surface area contributed by atoms with Crippen molar-refractivity contribution in [2.75, 3.05) is 11.9 Å². The standard InChI is InChI=1S/C22H25N4/c1-17-20(11-8-12-21(17)25-15-13-23(3)18(25)2)22-24(4)14-16-26(22)19-9-6-5-7-10-19/h5-16,18H,1-4H3/q+1/t18-/m1/s1. The molecular weight excluding hydrogens is 320 g/mol. The largest absolute Gasteiger partial charge is 0.359 e. The van der Waals surface area contributed by atoms with Crippen LogP contribution in [0.5, 0.6) is 0 Å². The molecule has 3 aromatic rings. The molecule has 1 atom stereocenters. The van der Waals surface area contributed by atoms with Gasteiger partial charge in [-0.2, -0.15) is 4.57 Å². The molecule has 26 heavy (non-hydrogen) atoms. The van der Waals surface area contributed by atoms with E-state index in [0.717, 1.165) is 0 Å². The lowest BCUT2D eigenvalue weighted by atomic mass is 10.0. The van der Waals surface area contributed by atoms with E-state index in [4.69, 9.17) is 0 Å². The van der Waals surface area contributed by atoms with E-state index < -0.39 is 0 Å². The first-order chi connectivity index (χ1) is 12.6. The monoisotopic (exact) mass is 345 g/mol. The lowest BCUT2D eigenvalue weighted by Gasteiger charge is -2.28. The Morgan fingerprint density at radius 2 is 1.73 bits per heavy atom. The van der Waals surface area contributed by atoms with Crippen LogP contribution in [0.25, 0.3) is 17.1 Å². The molecule has 0 N–H and O–H groups in total. The van der Waals surface area contributed by atoms with E-state index in [1.165, 1.54) is 28.3 Å². The summed E-state index contributed by atoms with van der Waals surface area (Å²) >= 11 is 0. The minimum absolute atomic E-state index is 0.318. The third-order valence-corrected chi connectivity index (χ3v) is 5.31. The number of imidazole rings is 1. The van der Waals surface area contributed by atoms with Gasteiger partial charge in [-0.1, -0.05) is 24.3 Å². The second-order valence-corrected chi connectivity index (χ2v) is 6.89. The molecule has 2 aromatic carbocycles. The highest BCUT2D eigenvalue weighted by atomic mass is 15.4. The van der Waals surface area contributed by atoms with Crippen molar-refractivity contribution in [1.82, 2.24) is 9.47 Å². The molecule has 0 saturated carbocycles. The van der Waals surface area contributed by atoms with Gasteiger partial charge in [-0.25, -0.2) is 4.57 Å². The number of hydrogen-bond acceptors (Lipinski definition) is 2. The summed E-state index contributed by atoms with van der Waals surface area (Å²) in [5.74, 6) is 1.18. The van der Waals surface area contributed by atoms with Crippen molar-refractivity contribution in [2.45, 2.75) is 20.0 Å². The van der Waals surface area contributed by atoms with Crippen LogP contribution in [-0.2, 0) is 7.05 Å². The fourth-order valence-electron chi connectivity index (χ4n) is 3.64. The summed E-state index contributed by atoms with van der Waals surface area (Å²) in [4.78, 5) is 4.55. The molecule has 0 amide bonds. The summed E-state index contributed by atoms with van der Waals surface area (Å²) in [5, 5.41) is 0. The summed E-state index contributed by atoms with van der Waals surface area (Å²) in [6, 6.07) is 17.1. The molecule has 1 aromatic heterocycles.